The quantitative estimate of drug-likeness (QED) is 0.505. The predicted molar refractivity (Wildman–Crippen MR) is 117 cm³/mol. The number of nitro benzene ring substituents is 2. The van der Waals surface area contributed by atoms with Gasteiger partial charge < -0.3 is 5.32 Å². The summed E-state index contributed by atoms with van der Waals surface area (Å²) >= 11 is 0. The van der Waals surface area contributed by atoms with Crippen molar-refractivity contribution in [2.75, 3.05) is 6.54 Å². The Hall–Kier alpha value is -4.15. The first kappa shape index (κ1) is 22.1. The summed E-state index contributed by atoms with van der Waals surface area (Å²) < 4.78 is 0. The third-order valence-electron chi connectivity index (χ3n) is 5.93. The lowest BCUT2D eigenvalue weighted by molar-refractivity contribution is -0.385. The second-order valence-electron chi connectivity index (χ2n) is 8.01. The highest BCUT2D eigenvalue weighted by Gasteiger charge is 2.34. The summed E-state index contributed by atoms with van der Waals surface area (Å²) in [5.41, 5.74) is 1.47. The average Bonchev–Trinajstić information content (AvgIpc) is 3.22. The van der Waals surface area contributed by atoms with Crippen molar-refractivity contribution < 1.29 is 19.4 Å². The molecule has 1 heterocycles. The van der Waals surface area contributed by atoms with E-state index in [1.807, 2.05) is 0 Å². The van der Waals surface area contributed by atoms with E-state index in [2.05, 4.69) is 10.4 Å². The number of hydrogen-bond donors (Lipinski definition) is 1. The number of nitro groups is 2. The Morgan fingerprint density at radius 1 is 1.03 bits per heavy atom. The van der Waals surface area contributed by atoms with E-state index in [0.29, 0.717) is 16.8 Å². The SMILES string of the molecule is O=C(NCC(=O)N1N=C(c2ccc([N+](=O)[O-])cc2)CC1c1cccc([N+](=O)[O-])c1)C1CCC1. The number of amides is 2. The molecule has 0 saturated heterocycles. The molecule has 0 spiro atoms. The van der Waals surface area contributed by atoms with Crippen LogP contribution in [0.3, 0.4) is 0 Å². The molecule has 33 heavy (non-hydrogen) atoms. The average molecular weight is 451 g/mol. The minimum atomic E-state index is -0.608. The normalized spacial score (nSPS) is 17.8. The molecular weight excluding hydrogens is 430 g/mol. The second kappa shape index (κ2) is 9.15. The molecule has 4 rings (SSSR count). The molecule has 2 aromatic rings. The molecule has 11 nitrogen and oxygen atoms in total. The van der Waals surface area contributed by atoms with Crippen molar-refractivity contribution in [3.63, 3.8) is 0 Å². The number of hydrazone groups is 1. The first-order valence-corrected chi connectivity index (χ1v) is 10.5. The summed E-state index contributed by atoms with van der Waals surface area (Å²) in [4.78, 5) is 46.3. The zero-order chi connectivity index (χ0) is 23.5. The van der Waals surface area contributed by atoms with Gasteiger partial charge in [-0.25, -0.2) is 5.01 Å². The number of non-ortho nitro benzene ring substituents is 2. The van der Waals surface area contributed by atoms with E-state index in [1.165, 1.54) is 29.3 Å². The van der Waals surface area contributed by atoms with Gasteiger partial charge in [-0.2, -0.15) is 5.10 Å². The highest BCUT2D eigenvalue weighted by atomic mass is 16.6. The monoisotopic (exact) mass is 451 g/mol. The maximum absolute atomic E-state index is 13.0. The Bertz CT molecular complexity index is 1140. The van der Waals surface area contributed by atoms with Gasteiger partial charge in [-0.1, -0.05) is 18.6 Å². The second-order valence-corrected chi connectivity index (χ2v) is 8.01. The van der Waals surface area contributed by atoms with Crippen LogP contribution in [-0.2, 0) is 9.59 Å². The third-order valence-corrected chi connectivity index (χ3v) is 5.93. The topological polar surface area (TPSA) is 148 Å². The number of carbonyl (C=O) groups is 2. The predicted octanol–water partition coefficient (Wildman–Crippen LogP) is 3.10. The first-order chi connectivity index (χ1) is 15.8. The molecule has 2 aliphatic rings. The Labute approximate surface area is 188 Å². The summed E-state index contributed by atoms with van der Waals surface area (Å²) in [6.45, 7) is -0.238. The number of hydrogen-bond acceptors (Lipinski definition) is 7. The molecule has 1 aliphatic carbocycles. The number of rotatable bonds is 7. The number of nitrogens with zero attached hydrogens (tertiary/aromatic N) is 4. The van der Waals surface area contributed by atoms with Crippen LogP contribution in [-0.4, -0.2) is 38.9 Å². The van der Waals surface area contributed by atoms with Crippen LogP contribution in [0, 0.1) is 26.1 Å². The fourth-order valence-electron chi connectivity index (χ4n) is 3.85. The fourth-order valence-corrected chi connectivity index (χ4v) is 3.85. The van der Waals surface area contributed by atoms with Gasteiger partial charge >= 0.3 is 0 Å². The van der Waals surface area contributed by atoms with Crippen LogP contribution in [0.4, 0.5) is 11.4 Å². The molecule has 170 valence electrons. The summed E-state index contributed by atoms with van der Waals surface area (Å²) in [5, 5.41) is 30.5. The van der Waals surface area contributed by atoms with Crippen molar-refractivity contribution in [1.29, 1.82) is 0 Å². The van der Waals surface area contributed by atoms with E-state index in [-0.39, 0.29) is 36.2 Å². The molecular formula is C22H21N5O6. The Kier molecular flexibility index (Phi) is 6.11. The molecule has 0 bridgehead atoms. The number of carbonyl (C=O) groups excluding carboxylic acids is 2. The van der Waals surface area contributed by atoms with E-state index >= 15 is 0 Å². The van der Waals surface area contributed by atoms with Gasteiger partial charge in [0.1, 0.15) is 0 Å². The van der Waals surface area contributed by atoms with E-state index in [9.17, 15) is 29.8 Å². The molecule has 2 amide bonds. The maximum Gasteiger partial charge on any atom is 0.269 e. The zero-order valence-electron chi connectivity index (χ0n) is 17.5. The van der Waals surface area contributed by atoms with Gasteiger partial charge in [0, 0.05) is 36.6 Å². The van der Waals surface area contributed by atoms with Crippen LogP contribution in [0.1, 0.15) is 42.9 Å². The molecule has 0 radical (unpaired) electrons. The van der Waals surface area contributed by atoms with Crippen LogP contribution in [0.25, 0.3) is 0 Å². The fraction of sp³-hybridized carbons (Fsp3) is 0.318. The van der Waals surface area contributed by atoms with Crippen LogP contribution in [0.2, 0.25) is 0 Å². The molecule has 11 heteroatoms. The summed E-state index contributed by atoms with van der Waals surface area (Å²) in [5.74, 6) is -0.681. The lowest BCUT2D eigenvalue weighted by atomic mass is 9.85. The molecule has 0 aromatic heterocycles. The van der Waals surface area contributed by atoms with Gasteiger partial charge in [0.25, 0.3) is 17.3 Å². The highest BCUT2D eigenvalue weighted by Crippen LogP contribution is 2.34. The summed E-state index contributed by atoms with van der Waals surface area (Å²) in [6.07, 6.45) is 2.88. The Balaban J connectivity index is 1.59. The van der Waals surface area contributed by atoms with Crippen molar-refractivity contribution in [2.45, 2.75) is 31.7 Å². The van der Waals surface area contributed by atoms with Crippen molar-refractivity contribution >= 4 is 28.9 Å². The zero-order valence-corrected chi connectivity index (χ0v) is 17.5. The molecule has 1 saturated carbocycles. The maximum atomic E-state index is 13.0. The minimum absolute atomic E-state index is 0.0666. The van der Waals surface area contributed by atoms with Crippen LogP contribution < -0.4 is 5.32 Å². The molecule has 1 fully saturated rings. The molecule has 1 N–H and O–H groups in total. The molecule has 1 aliphatic heterocycles. The van der Waals surface area contributed by atoms with Gasteiger partial charge in [-0.15, -0.1) is 0 Å². The van der Waals surface area contributed by atoms with Crippen molar-refractivity contribution in [1.82, 2.24) is 10.3 Å². The summed E-state index contributed by atoms with van der Waals surface area (Å²) in [6, 6.07) is 11.2. The van der Waals surface area contributed by atoms with Crippen molar-refractivity contribution in [2.24, 2.45) is 11.0 Å². The van der Waals surface area contributed by atoms with Crippen LogP contribution in [0.5, 0.6) is 0 Å². The van der Waals surface area contributed by atoms with E-state index in [0.717, 1.165) is 19.3 Å². The Morgan fingerprint density at radius 3 is 2.33 bits per heavy atom. The minimum Gasteiger partial charge on any atom is -0.347 e. The van der Waals surface area contributed by atoms with Crippen LogP contribution >= 0.6 is 0 Å². The third kappa shape index (κ3) is 4.71. The largest absolute Gasteiger partial charge is 0.347 e. The van der Waals surface area contributed by atoms with E-state index in [1.54, 1.807) is 24.3 Å². The van der Waals surface area contributed by atoms with Crippen molar-refractivity contribution in [3.05, 3.63) is 79.9 Å². The van der Waals surface area contributed by atoms with Gasteiger partial charge in [0.2, 0.25) is 5.91 Å². The van der Waals surface area contributed by atoms with E-state index < -0.39 is 21.8 Å². The smallest absolute Gasteiger partial charge is 0.269 e. The molecule has 2 aromatic carbocycles. The standard InChI is InChI=1S/C22H21N5O6/c28-21(13-23-22(29)15-3-1-4-15)25-20(16-5-2-6-18(11-16)27(32)33)12-19(24-25)14-7-9-17(10-8-14)26(30)31/h2,5-11,15,20H,1,3-4,12-13H2,(H,23,29). The highest BCUT2D eigenvalue weighted by molar-refractivity contribution is 6.03. The summed E-state index contributed by atoms with van der Waals surface area (Å²) in [7, 11) is 0. The van der Waals surface area contributed by atoms with Crippen LogP contribution in [0.15, 0.2) is 53.6 Å². The number of nitrogens with one attached hydrogen (secondary N) is 1. The van der Waals surface area contributed by atoms with Crippen molar-refractivity contribution in [3.8, 4) is 0 Å². The van der Waals surface area contributed by atoms with E-state index in [4.69, 9.17) is 0 Å². The molecule has 1 atom stereocenters. The lowest BCUT2D eigenvalue weighted by Gasteiger charge is -2.25. The number of benzene rings is 2. The Morgan fingerprint density at radius 2 is 1.73 bits per heavy atom. The molecule has 1 unspecified atom stereocenters. The van der Waals surface area contributed by atoms with Gasteiger partial charge in [-0.05, 0) is 36.1 Å². The lowest BCUT2D eigenvalue weighted by Crippen LogP contribution is -2.41. The van der Waals surface area contributed by atoms with Gasteiger partial charge in [0.05, 0.1) is 28.1 Å². The van der Waals surface area contributed by atoms with Gasteiger partial charge in [-0.3, -0.25) is 29.8 Å². The first-order valence-electron chi connectivity index (χ1n) is 10.5. The van der Waals surface area contributed by atoms with Gasteiger partial charge in [0.15, 0.2) is 0 Å².